The Morgan fingerprint density at radius 1 is 1.09 bits per heavy atom. The molecule has 0 spiro atoms. The number of carbonyl (C=O) groups excluding carboxylic acids is 1. The van der Waals surface area contributed by atoms with E-state index in [0.29, 0.717) is 12.5 Å². The van der Waals surface area contributed by atoms with Crippen LogP contribution in [0.15, 0.2) is 54.6 Å². The zero-order valence-electron chi connectivity index (χ0n) is 12.7. The van der Waals surface area contributed by atoms with Gasteiger partial charge < -0.3 is 10.6 Å². The number of hydrogen-bond acceptors (Lipinski definition) is 2. The molecule has 2 aromatic carbocycles. The van der Waals surface area contributed by atoms with Gasteiger partial charge in [0.25, 0.3) is 5.91 Å². The second-order valence-corrected chi connectivity index (χ2v) is 5.96. The number of likely N-dealkylation sites (tertiary alicyclic amines) is 1. The van der Waals surface area contributed by atoms with Gasteiger partial charge in [-0.2, -0.15) is 0 Å². The van der Waals surface area contributed by atoms with Gasteiger partial charge in [-0.15, -0.1) is 0 Å². The summed E-state index contributed by atoms with van der Waals surface area (Å²) >= 11 is 0. The highest BCUT2D eigenvalue weighted by Crippen LogP contribution is 2.21. The number of hydrogen-bond donors (Lipinski definition) is 1. The predicted octanol–water partition coefficient (Wildman–Crippen LogP) is 2.70. The van der Waals surface area contributed by atoms with Crippen LogP contribution in [0, 0.1) is 5.92 Å². The number of nitrogens with two attached hydrogens (primary N) is 1. The molecule has 2 aromatic rings. The van der Waals surface area contributed by atoms with Crippen molar-refractivity contribution in [3.05, 3.63) is 71.3 Å². The fourth-order valence-electron chi connectivity index (χ4n) is 3.08. The molecule has 0 saturated carbocycles. The zero-order chi connectivity index (χ0) is 15.4. The van der Waals surface area contributed by atoms with E-state index in [9.17, 15) is 4.79 Å². The molecular formula is C19H22N2O. The number of nitrogens with zero attached hydrogens (tertiary/aromatic N) is 1. The molecule has 1 atom stereocenters. The molecule has 1 aliphatic rings. The van der Waals surface area contributed by atoms with Crippen LogP contribution in [0.5, 0.6) is 0 Å². The first-order valence-electron chi connectivity index (χ1n) is 7.89. The lowest BCUT2D eigenvalue weighted by atomic mass is 9.99. The van der Waals surface area contributed by atoms with Crippen molar-refractivity contribution in [2.24, 2.45) is 11.7 Å². The number of amides is 1. The summed E-state index contributed by atoms with van der Waals surface area (Å²) in [6.45, 7) is 2.27. The van der Waals surface area contributed by atoms with Crippen molar-refractivity contribution in [3.63, 3.8) is 0 Å². The minimum atomic E-state index is 0.141. The van der Waals surface area contributed by atoms with Crippen molar-refractivity contribution in [2.75, 3.05) is 19.6 Å². The lowest BCUT2D eigenvalue weighted by Crippen LogP contribution is -2.30. The van der Waals surface area contributed by atoms with E-state index in [1.807, 2.05) is 41.3 Å². The highest BCUT2D eigenvalue weighted by atomic mass is 16.2. The van der Waals surface area contributed by atoms with Gasteiger partial charge in [-0.05, 0) is 42.5 Å². The topological polar surface area (TPSA) is 46.3 Å². The summed E-state index contributed by atoms with van der Waals surface area (Å²) < 4.78 is 0. The summed E-state index contributed by atoms with van der Waals surface area (Å²) in [5.74, 6) is 0.590. The Balaban J connectivity index is 1.80. The minimum absolute atomic E-state index is 0.141. The number of benzene rings is 2. The molecule has 1 fully saturated rings. The predicted molar refractivity (Wildman–Crippen MR) is 88.8 cm³/mol. The summed E-state index contributed by atoms with van der Waals surface area (Å²) in [5.41, 5.74) is 8.87. The fraction of sp³-hybridized carbons (Fsp3) is 0.316. The SMILES string of the molecule is NCC1CCN(C(=O)c2ccccc2Cc2ccccc2)C1. The molecule has 0 aliphatic carbocycles. The molecule has 0 radical (unpaired) electrons. The molecule has 1 aliphatic heterocycles. The molecule has 2 N–H and O–H groups in total. The summed E-state index contributed by atoms with van der Waals surface area (Å²) in [5, 5.41) is 0. The molecule has 0 bridgehead atoms. The third kappa shape index (κ3) is 3.20. The van der Waals surface area contributed by atoms with E-state index < -0.39 is 0 Å². The first kappa shape index (κ1) is 14.8. The summed E-state index contributed by atoms with van der Waals surface area (Å²) in [7, 11) is 0. The lowest BCUT2D eigenvalue weighted by Gasteiger charge is -2.18. The van der Waals surface area contributed by atoms with Gasteiger partial charge in [-0.25, -0.2) is 0 Å². The van der Waals surface area contributed by atoms with Crippen LogP contribution in [0.25, 0.3) is 0 Å². The summed E-state index contributed by atoms with van der Waals surface area (Å²) in [6, 6.07) is 18.2. The Morgan fingerprint density at radius 2 is 1.82 bits per heavy atom. The highest BCUT2D eigenvalue weighted by Gasteiger charge is 2.27. The minimum Gasteiger partial charge on any atom is -0.338 e. The van der Waals surface area contributed by atoms with Crippen LogP contribution in [-0.2, 0) is 6.42 Å². The van der Waals surface area contributed by atoms with E-state index in [0.717, 1.165) is 37.1 Å². The maximum atomic E-state index is 12.8. The van der Waals surface area contributed by atoms with Crippen LogP contribution < -0.4 is 5.73 Å². The van der Waals surface area contributed by atoms with E-state index in [2.05, 4.69) is 18.2 Å². The second kappa shape index (κ2) is 6.75. The smallest absolute Gasteiger partial charge is 0.254 e. The van der Waals surface area contributed by atoms with Crippen LogP contribution in [0.3, 0.4) is 0 Å². The van der Waals surface area contributed by atoms with Crippen molar-refractivity contribution in [2.45, 2.75) is 12.8 Å². The highest BCUT2D eigenvalue weighted by molar-refractivity contribution is 5.96. The maximum Gasteiger partial charge on any atom is 0.254 e. The normalized spacial score (nSPS) is 17.7. The summed E-state index contributed by atoms with van der Waals surface area (Å²) in [4.78, 5) is 14.8. The molecule has 114 valence electrons. The molecule has 0 aromatic heterocycles. The van der Waals surface area contributed by atoms with Crippen LogP contribution in [0.1, 0.15) is 27.9 Å². The van der Waals surface area contributed by atoms with Gasteiger partial charge in [-0.3, -0.25) is 4.79 Å². The zero-order valence-corrected chi connectivity index (χ0v) is 12.7. The summed E-state index contributed by atoms with van der Waals surface area (Å²) in [6.07, 6.45) is 1.81. The second-order valence-electron chi connectivity index (χ2n) is 5.96. The average molecular weight is 294 g/mol. The third-order valence-corrected chi connectivity index (χ3v) is 4.39. The van der Waals surface area contributed by atoms with E-state index in [4.69, 9.17) is 5.73 Å². The van der Waals surface area contributed by atoms with Crippen LogP contribution >= 0.6 is 0 Å². The van der Waals surface area contributed by atoms with Crippen molar-refractivity contribution in [1.29, 1.82) is 0 Å². The maximum absolute atomic E-state index is 12.8. The molecular weight excluding hydrogens is 272 g/mol. The third-order valence-electron chi connectivity index (χ3n) is 4.39. The van der Waals surface area contributed by atoms with Crippen LogP contribution in [0.4, 0.5) is 0 Å². The number of rotatable bonds is 4. The quantitative estimate of drug-likeness (QED) is 0.942. The largest absolute Gasteiger partial charge is 0.338 e. The van der Waals surface area contributed by atoms with E-state index in [1.54, 1.807) is 0 Å². The molecule has 1 amide bonds. The fourth-order valence-corrected chi connectivity index (χ4v) is 3.08. The van der Waals surface area contributed by atoms with Crippen molar-refractivity contribution in [1.82, 2.24) is 4.90 Å². The Bertz CT molecular complexity index is 639. The first-order chi connectivity index (χ1) is 10.8. The molecule has 3 rings (SSSR count). The van der Waals surface area contributed by atoms with E-state index >= 15 is 0 Å². The average Bonchev–Trinajstić information content (AvgIpc) is 3.05. The molecule has 3 nitrogen and oxygen atoms in total. The van der Waals surface area contributed by atoms with Gasteiger partial charge in [-0.1, -0.05) is 48.5 Å². The van der Waals surface area contributed by atoms with Crippen LogP contribution in [0.2, 0.25) is 0 Å². The van der Waals surface area contributed by atoms with Crippen molar-refractivity contribution in [3.8, 4) is 0 Å². The molecule has 1 saturated heterocycles. The first-order valence-corrected chi connectivity index (χ1v) is 7.89. The van der Waals surface area contributed by atoms with Gasteiger partial charge in [0.15, 0.2) is 0 Å². The van der Waals surface area contributed by atoms with E-state index in [1.165, 1.54) is 5.56 Å². The van der Waals surface area contributed by atoms with Gasteiger partial charge in [0, 0.05) is 18.7 Å². The molecule has 22 heavy (non-hydrogen) atoms. The van der Waals surface area contributed by atoms with Gasteiger partial charge in [0.2, 0.25) is 0 Å². The molecule has 1 heterocycles. The number of carbonyl (C=O) groups is 1. The standard InChI is InChI=1S/C19H22N2O/c20-13-16-10-11-21(14-16)19(22)18-9-5-4-8-17(18)12-15-6-2-1-3-7-15/h1-9,16H,10-14,20H2. The van der Waals surface area contributed by atoms with Crippen molar-refractivity contribution >= 4 is 5.91 Å². The van der Waals surface area contributed by atoms with Gasteiger partial charge in [0.05, 0.1) is 0 Å². The lowest BCUT2D eigenvalue weighted by molar-refractivity contribution is 0.0786. The van der Waals surface area contributed by atoms with Gasteiger partial charge >= 0.3 is 0 Å². The Morgan fingerprint density at radius 3 is 2.55 bits per heavy atom. The molecule has 1 unspecified atom stereocenters. The Labute approximate surface area is 131 Å². The Hall–Kier alpha value is -2.13. The van der Waals surface area contributed by atoms with Crippen LogP contribution in [-0.4, -0.2) is 30.4 Å². The Kier molecular flexibility index (Phi) is 4.54. The molecule has 3 heteroatoms. The van der Waals surface area contributed by atoms with E-state index in [-0.39, 0.29) is 5.91 Å². The monoisotopic (exact) mass is 294 g/mol. The van der Waals surface area contributed by atoms with Gasteiger partial charge in [0.1, 0.15) is 0 Å². The van der Waals surface area contributed by atoms with Crippen molar-refractivity contribution < 1.29 is 4.79 Å².